The van der Waals surface area contributed by atoms with Crippen molar-refractivity contribution < 1.29 is 9.18 Å². The Hall–Kier alpha value is -3.15. The number of aromatic nitrogens is 2. The molecular weight excluding hydrogens is 331 g/mol. The Kier molecular flexibility index (Phi) is 3.76. The zero-order valence-electron chi connectivity index (χ0n) is 14.6. The van der Waals surface area contributed by atoms with Crippen molar-refractivity contribution in [3.05, 3.63) is 72.2 Å². The van der Waals surface area contributed by atoms with E-state index in [4.69, 9.17) is 0 Å². The van der Waals surface area contributed by atoms with Gasteiger partial charge in [0, 0.05) is 25.4 Å². The van der Waals surface area contributed by atoms with E-state index in [0.717, 1.165) is 11.0 Å². The molecule has 4 rings (SSSR count). The highest BCUT2D eigenvalue weighted by Crippen LogP contribution is 2.42. The van der Waals surface area contributed by atoms with Crippen LogP contribution in [0.4, 0.5) is 10.3 Å². The van der Waals surface area contributed by atoms with Crippen LogP contribution in [0, 0.1) is 11.7 Å². The van der Waals surface area contributed by atoms with Gasteiger partial charge >= 0.3 is 0 Å². The predicted molar refractivity (Wildman–Crippen MR) is 99.2 cm³/mol. The summed E-state index contributed by atoms with van der Waals surface area (Å²) in [6.07, 6.45) is 0. The first-order valence-electron chi connectivity index (χ1n) is 8.37. The fraction of sp³-hybridized carbons (Fsp3) is 0.200. The number of hydrogen-bond donors (Lipinski definition) is 1. The monoisotopic (exact) mass is 350 g/mol. The SMILES string of the molecule is C=C1Nc2nc3ccccc3n2C(c2ccccc2F)C1C(=O)N(C)C. The van der Waals surface area contributed by atoms with Crippen molar-refractivity contribution in [2.45, 2.75) is 6.04 Å². The third-order valence-corrected chi connectivity index (χ3v) is 4.77. The van der Waals surface area contributed by atoms with Gasteiger partial charge in [-0.2, -0.15) is 0 Å². The third-order valence-electron chi connectivity index (χ3n) is 4.77. The van der Waals surface area contributed by atoms with Gasteiger partial charge in [-0.1, -0.05) is 36.9 Å². The number of nitrogens with zero attached hydrogens (tertiary/aromatic N) is 3. The van der Waals surface area contributed by atoms with E-state index in [9.17, 15) is 9.18 Å². The molecule has 0 radical (unpaired) electrons. The highest BCUT2D eigenvalue weighted by Gasteiger charge is 2.41. The number of para-hydroxylation sites is 2. The molecule has 2 atom stereocenters. The van der Waals surface area contributed by atoms with Crippen LogP contribution < -0.4 is 5.32 Å². The van der Waals surface area contributed by atoms with Crippen molar-refractivity contribution in [3.8, 4) is 0 Å². The Labute approximate surface area is 150 Å². The van der Waals surface area contributed by atoms with Gasteiger partial charge in [0.2, 0.25) is 11.9 Å². The van der Waals surface area contributed by atoms with Crippen LogP contribution in [0.5, 0.6) is 0 Å². The number of imidazole rings is 1. The lowest BCUT2D eigenvalue weighted by Crippen LogP contribution is -2.41. The highest BCUT2D eigenvalue weighted by atomic mass is 19.1. The Morgan fingerprint density at radius 2 is 1.88 bits per heavy atom. The maximum Gasteiger partial charge on any atom is 0.233 e. The minimum absolute atomic E-state index is 0.140. The lowest BCUT2D eigenvalue weighted by molar-refractivity contribution is -0.132. The number of anilines is 1. The van der Waals surface area contributed by atoms with Crippen molar-refractivity contribution >= 4 is 22.9 Å². The average molecular weight is 350 g/mol. The molecule has 2 unspecified atom stereocenters. The number of fused-ring (bicyclic) bond motifs is 3. The summed E-state index contributed by atoms with van der Waals surface area (Å²) in [4.78, 5) is 19.0. The van der Waals surface area contributed by atoms with E-state index < -0.39 is 12.0 Å². The van der Waals surface area contributed by atoms with Crippen molar-refractivity contribution in [2.75, 3.05) is 19.4 Å². The number of nitrogens with one attached hydrogen (secondary N) is 1. The second-order valence-corrected chi connectivity index (χ2v) is 6.62. The first kappa shape index (κ1) is 16.3. The molecule has 0 fully saturated rings. The fourth-order valence-electron chi connectivity index (χ4n) is 3.57. The second-order valence-electron chi connectivity index (χ2n) is 6.62. The van der Waals surface area contributed by atoms with E-state index in [1.807, 2.05) is 28.8 Å². The molecular formula is C20H19FN4O. The molecule has 1 aliphatic rings. The van der Waals surface area contributed by atoms with E-state index in [1.165, 1.54) is 11.0 Å². The van der Waals surface area contributed by atoms with Gasteiger partial charge in [-0.15, -0.1) is 0 Å². The molecule has 0 aliphatic carbocycles. The Morgan fingerprint density at radius 1 is 1.19 bits per heavy atom. The Morgan fingerprint density at radius 3 is 2.62 bits per heavy atom. The van der Waals surface area contributed by atoms with Crippen LogP contribution in [0.15, 0.2) is 60.8 Å². The van der Waals surface area contributed by atoms with Crippen molar-refractivity contribution in [2.24, 2.45) is 5.92 Å². The number of rotatable bonds is 2. The summed E-state index contributed by atoms with van der Waals surface area (Å²) in [5.41, 5.74) is 2.58. The Bertz CT molecular complexity index is 1020. The topological polar surface area (TPSA) is 50.2 Å². The van der Waals surface area contributed by atoms with Gasteiger partial charge in [-0.3, -0.25) is 4.79 Å². The zero-order valence-corrected chi connectivity index (χ0v) is 14.6. The molecule has 2 heterocycles. The summed E-state index contributed by atoms with van der Waals surface area (Å²) in [6.45, 7) is 4.04. The first-order chi connectivity index (χ1) is 12.5. The number of amides is 1. The van der Waals surface area contributed by atoms with E-state index >= 15 is 0 Å². The zero-order chi connectivity index (χ0) is 18.4. The quantitative estimate of drug-likeness (QED) is 0.771. The number of carbonyl (C=O) groups excluding carboxylic acids is 1. The van der Waals surface area contributed by atoms with Crippen LogP contribution in [0.2, 0.25) is 0 Å². The molecule has 26 heavy (non-hydrogen) atoms. The second kappa shape index (κ2) is 5.98. The average Bonchev–Trinajstić information content (AvgIpc) is 2.98. The standard InChI is InChI=1S/C20H19FN4O/c1-12-17(19(26)24(2)3)18(13-8-4-5-9-14(13)21)25-16-11-7-6-10-15(16)23-20(25)22-12/h4-11,17-18H,1H2,2-3H3,(H,22,23). The van der Waals surface area contributed by atoms with Gasteiger partial charge in [0.25, 0.3) is 0 Å². The molecule has 1 amide bonds. The summed E-state index contributed by atoms with van der Waals surface area (Å²) < 4.78 is 16.6. The molecule has 0 bridgehead atoms. The van der Waals surface area contributed by atoms with Gasteiger partial charge in [0.1, 0.15) is 11.7 Å². The minimum Gasteiger partial charge on any atom is -0.348 e. The van der Waals surface area contributed by atoms with Crippen molar-refractivity contribution in [3.63, 3.8) is 0 Å². The molecule has 1 N–H and O–H groups in total. The molecule has 1 aromatic heterocycles. The molecule has 1 aliphatic heterocycles. The molecule has 132 valence electrons. The summed E-state index contributed by atoms with van der Waals surface area (Å²) >= 11 is 0. The van der Waals surface area contributed by atoms with Gasteiger partial charge < -0.3 is 14.8 Å². The van der Waals surface area contributed by atoms with Gasteiger partial charge in [0.15, 0.2) is 0 Å². The van der Waals surface area contributed by atoms with Gasteiger partial charge in [0.05, 0.1) is 17.1 Å². The van der Waals surface area contributed by atoms with Gasteiger partial charge in [-0.25, -0.2) is 9.37 Å². The largest absolute Gasteiger partial charge is 0.348 e. The van der Waals surface area contributed by atoms with E-state index in [-0.39, 0.29) is 11.7 Å². The van der Waals surface area contributed by atoms with Crippen molar-refractivity contribution in [1.29, 1.82) is 0 Å². The molecule has 0 saturated carbocycles. The summed E-state index contributed by atoms with van der Waals surface area (Å²) in [7, 11) is 3.38. The van der Waals surface area contributed by atoms with Crippen LogP contribution in [0.1, 0.15) is 11.6 Å². The lowest BCUT2D eigenvalue weighted by atomic mass is 9.87. The minimum atomic E-state index is -0.646. The number of halogens is 1. The normalized spacial score (nSPS) is 19.1. The van der Waals surface area contributed by atoms with Crippen molar-refractivity contribution in [1.82, 2.24) is 14.5 Å². The van der Waals surface area contributed by atoms with Crippen LogP contribution in [0.3, 0.4) is 0 Å². The van der Waals surface area contributed by atoms with E-state index in [0.29, 0.717) is 17.2 Å². The molecule has 0 saturated heterocycles. The summed E-state index contributed by atoms with van der Waals surface area (Å²) in [5.74, 6) is -0.578. The van der Waals surface area contributed by atoms with E-state index in [2.05, 4.69) is 16.9 Å². The molecule has 2 aromatic carbocycles. The molecule has 6 heteroatoms. The molecule has 3 aromatic rings. The number of benzene rings is 2. The first-order valence-corrected chi connectivity index (χ1v) is 8.37. The maximum atomic E-state index is 14.7. The Balaban J connectivity index is 2.02. The molecule has 5 nitrogen and oxygen atoms in total. The van der Waals surface area contributed by atoms with Crippen LogP contribution in [-0.2, 0) is 4.79 Å². The highest BCUT2D eigenvalue weighted by molar-refractivity contribution is 5.86. The number of hydrogen-bond acceptors (Lipinski definition) is 3. The van der Waals surface area contributed by atoms with Crippen LogP contribution in [-0.4, -0.2) is 34.5 Å². The summed E-state index contributed by atoms with van der Waals surface area (Å²) in [5, 5.41) is 3.14. The fourth-order valence-corrected chi connectivity index (χ4v) is 3.57. The molecule has 0 spiro atoms. The maximum absolute atomic E-state index is 14.7. The third kappa shape index (κ3) is 2.37. The smallest absolute Gasteiger partial charge is 0.233 e. The predicted octanol–water partition coefficient (Wildman–Crippen LogP) is 3.41. The summed E-state index contributed by atoms with van der Waals surface area (Å²) in [6, 6.07) is 13.6. The van der Waals surface area contributed by atoms with E-state index in [1.54, 1.807) is 32.3 Å². The number of carbonyl (C=O) groups is 1. The van der Waals surface area contributed by atoms with Crippen LogP contribution >= 0.6 is 0 Å². The van der Waals surface area contributed by atoms with Gasteiger partial charge in [-0.05, 0) is 18.2 Å². The lowest BCUT2D eigenvalue weighted by Gasteiger charge is -2.36. The van der Waals surface area contributed by atoms with Crippen LogP contribution in [0.25, 0.3) is 11.0 Å².